The van der Waals surface area contributed by atoms with Crippen LogP contribution in [-0.4, -0.2) is 53.4 Å². The predicted octanol–water partition coefficient (Wildman–Crippen LogP) is -0.295. The zero-order valence-electron chi connectivity index (χ0n) is 11.9. The van der Waals surface area contributed by atoms with Crippen molar-refractivity contribution in [3.05, 3.63) is 30.1 Å². The first-order valence-corrected chi connectivity index (χ1v) is 6.69. The molecule has 110 valence electrons. The third kappa shape index (κ3) is 2.67. The Balaban J connectivity index is 2.26. The second-order valence-corrected chi connectivity index (χ2v) is 5.19. The van der Waals surface area contributed by atoms with Crippen LogP contribution < -0.4 is 4.57 Å². The second kappa shape index (κ2) is 5.87. The molecule has 0 aliphatic carbocycles. The molecule has 1 amide bonds. The molecule has 2 rings (SSSR count). The van der Waals surface area contributed by atoms with Crippen LogP contribution in [0.25, 0.3) is 0 Å². The Bertz CT molecular complexity index is 492. The van der Waals surface area contributed by atoms with Gasteiger partial charge in [-0.25, -0.2) is 0 Å². The number of aromatic nitrogens is 1. The summed E-state index contributed by atoms with van der Waals surface area (Å²) >= 11 is 0. The van der Waals surface area contributed by atoms with Crippen molar-refractivity contribution in [1.82, 2.24) is 4.90 Å². The number of carbonyl (C=O) groups is 1. The first-order chi connectivity index (χ1) is 9.45. The first kappa shape index (κ1) is 14.9. The number of aliphatic hydroxyl groups excluding tert-OH is 2. The molecular formula is C14H21N2O4+. The number of amides is 1. The van der Waals surface area contributed by atoms with Crippen LogP contribution in [-0.2, 0) is 4.74 Å². The fraction of sp³-hybridized carbons (Fsp3) is 0.571. The van der Waals surface area contributed by atoms with Crippen molar-refractivity contribution in [2.75, 3.05) is 14.1 Å². The van der Waals surface area contributed by atoms with E-state index >= 15 is 0 Å². The van der Waals surface area contributed by atoms with Gasteiger partial charge in [-0.15, -0.1) is 0 Å². The van der Waals surface area contributed by atoms with Gasteiger partial charge in [0.05, 0.1) is 6.10 Å². The lowest BCUT2D eigenvalue weighted by atomic mass is 10.1. The van der Waals surface area contributed by atoms with Gasteiger partial charge in [0.15, 0.2) is 18.5 Å². The van der Waals surface area contributed by atoms with Gasteiger partial charge in [0.25, 0.3) is 12.1 Å². The molecule has 6 nitrogen and oxygen atoms in total. The number of aliphatic hydroxyl groups is 2. The minimum Gasteiger partial charge on any atom is -0.387 e. The molecule has 0 saturated carbocycles. The van der Waals surface area contributed by atoms with E-state index in [2.05, 4.69) is 0 Å². The highest BCUT2D eigenvalue weighted by molar-refractivity contribution is 5.93. The van der Waals surface area contributed by atoms with Crippen molar-refractivity contribution in [1.29, 1.82) is 0 Å². The third-order valence-corrected chi connectivity index (χ3v) is 3.51. The van der Waals surface area contributed by atoms with Gasteiger partial charge in [0.1, 0.15) is 11.7 Å². The van der Waals surface area contributed by atoms with E-state index in [0.29, 0.717) is 12.0 Å². The van der Waals surface area contributed by atoms with Gasteiger partial charge in [0.2, 0.25) is 0 Å². The lowest BCUT2D eigenvalue weighted by molar-refractivity contribution is -0.765. The topological polar surface area (TPSA) is 73.9 Å². The molecule has 1 aromatic heterocycles. The Hall–Kier alpha value is -1.50. The molecule has 0 bridgehead atoms. The van der Waals surface area contributed by atoms with E-state index in [-0.39, 0.29) is 5.91 Å². The normalized spacial score (nSPS) is 29.4. The van der Waals surface area contributed by atoms with Gasteiger partial charge in [-0.2, -0.15) is 4.57 Å². The summed E-state index contributed by atoms with van der Waals surface area (Å²) in [6.07, 6.45) is 0.971. The molecule has 1 aliphatic heterocycles. The number of rotatable bonds is 3. The van der Waals surface area contributed by atoms with Crippen LogP contribution >= 0.6 is 0 Å². The summed E-state index contributed by atoms with van der Waals surface area (Å²) in [5.41, 5.74) is 0.503. The zero-order valence-corrected chi connectivity index (χ0v) is 11.9. The highest BCUT2D eigenvalue weighted by Crippen LogP contribution is 2.27. The van der Waals surface area contributed by atoms with Crippen molar-refractivity contribution in [3.63, 3.8) is 0 Å². The molecule has 1 fully saturated rings. The van der Waals surface area contributed by atoms with Crippen LogP contribution in [0.15, 0.2) is 24.5 Å². The summed E-state index contributed by atoms with van der Waals surface area (Å²) in [7, 11) is 3.36. The lowest BCUT2D eigenvalue weighted by Crippen LogP contribution is -2.46. The molecule has 1 aliphatic rings. The Labute approximate surface area is 118 Å². The Kier molecular flexibility index (Phi) is 4.37. The Morgan fingerprint density at radius 2 is 2.10 bits per heavy atom. The summed E-state index contributed by atoms with van der Waals surface area (Å²) in [5.74, 6) is -0.126. The fourth-order valence-electron chi connectivity index (χ4n) is 2.35. The predicted molar refractivity (Wildman–Crippen MR) is 70.9 cm³/mol. The molecular weight excluding hydrogens is 260 g/mol. The number of pyridine rings is 1. The van der Waals surface area contributed by atoms with E-state index in [0.717, 1.165) is 0 Å². The van der Waals surface area contributed by atoms with E-state index in [1.54, 1.807) is 43.2 Å². The van der Waals surface area contributed by atoms with Gasteiger partial charge >= 0.3 is 0 Å². The quantitative estimate of drug-likeness (QED) is 0.746. The van der Waals surface area contributed by atoms with Gasteiger partial charge in [-0.05, 0) is 12.5 Å². The number of hydrogen-bond donors (Lipinski definition) is 2. The Morgan fingerprint density at radius 3 is 2.65 bits per heavy atom. The summed E-state index contributed by atoms with van der Waals surface area (Å²) in [6, 6.07) is 3.42. The molecule has 0 spiro atoms. The molecule has 0 radical (unpaired) electrons. The smallest absolute Gasteiger partial charge is 0.291 e. The molecule has 6 heteroatoms. The van der Waals surface area contributed by atoms with Crippen molar-refractivity contribution >= 4 is 5.91 Å². The van der Waals surface area contributed by atoms with Crippen LogP contribution in [0.3, 0.4) is 0 Å². The maximum atomic E-state index is 11.9. The third-order valence-electron chi connectivity index (χ3n) is 3.51. The van der Waals surface area contributed by atoms with Crippen molar-refractivity contribution in [2.24, 2.45) is 0 Å². The van der Waals surface area contributed by atoms with Crippen molar-refractivity contribution < 1.29 is 24.3 Å². The highest BCUT2D eigenvalue weighted by Gasteiger charge is 2.47. The van der Waals surface area contributed by atoms with Crippen LogP contribution in [0.2, 0.25) is 0 Å². The summed E-state index contributed by atoms with van der Waals surface area (Å²) in [6.45, 7) is 1.89. The van der Waals surface area contributed by atoms with Crippen LogP contribution in [0, 0.1) is 0 Å². The minimum atomic E-state index is -1.00. The minimum absolute atomic E-state index is 0.126. The summed E-state index contributed by atoms with van der Waals surface area (Å²) in [4.78, 5) is 13.4. The molecule has 2 N–H and O–H groups in total. The number of hydrogen-bond acceptors (Lipinski definition) is 4. The molecule has 20 heavy (non-hydrogen) atoms. The van der Waals surface area contributed by atoms with E-state index in [9.17, 15) is 15.0 Å². The monoisotopic (exact) mass is 281 g/mol. The lowest BCUT2D eigenvalue weighted by Gasteiger charge is -2.12. The number of ether oxygens (including phenoxy) is 1. The van der Waals surface area contributed by atoms with E-state index in [1.165, 1.54) is 4.90 Å². The second-order valence-electron chi connectivity index (χ2n) is 5.19. The van der Waals surface area contributed by atoms with E-state index in [4.69, 9.17) is 4.74 Å². The van der Waals surface area contributed by atoms with Crippen molar-refractivity contribution in [2.45, 2.75) is 37.9 Å². The van der Waals surface area contributed by atoms with Crippen LogP contribution in [0.5, 0.6) is 0 Å². The molecule has 0 aromatic carbocycles. The SMILES string of the molecule is CC[C@H]1O[C@@H]([n+]2cccc(C(=O)N(C)C)c2)C(O)[C@H]1O. The molecule has 1 unspecified atom stereocenters. The molecule has 2 heterocycles. The number of carbonyl (C=O) groups excluding carboxylic acids is 1. The van der Waals surface area contributed by atoms with Crippen molar-refractivity contribution in [3.8, 4) is 0 Å². The molecule has 4 atom stereocenters. The highest BCUT2D eigenvalue weighted by atomic mass is 16.6. The fourth-order valence-corrected chi connectivity index (χ4v) is 2.35. The molecule has 1 aromatic rings. The average molecular weight is 281 g/mol. The molecule has 1 saturated heterocycles. The average Bonchev–Trinajstić information content (AvgIpc) is 2.74. The van der Waals surface area contributed by atoms with Gasteiger partial charge in [0, 0.05) is 20.2 Å². The van der Waals surface area contributed by atoms with Crippen LogP contribution in [0.4, 0.5) is 0 Å². The van der Waals surface area contributed by atoms with E-state index in [1.807, 2.05) is 6.92 Å². The largest absolute Gasteiger partial charge is 0.387 e. The maximum absolute atomic E-state index is 11.9. The summed E-state index contributed by atoms with van der Waals surface area (Å²) < 4.78 is 7.28. The van der Waals surface area contributed by atoms with E-state index < -0.39 is 24.5 Å². The summed E-state index contributed by atoms with van der Waals surface area (Å²) in [5, 5.41) is 20.0. The maximum Gasteiger partial charge on any atom is 0.291 e. The van der Waals surface area contributed by atoms with Gasteiger partial charge < -0.3 is 19.8 Å². The van der Waals surface area contributed by atoms with Crippen LogP contribution in [0.1, 0.15) is 29.9 Å². The van der Waals surface area contributed by atoms with Gasteiger partial charge in [-0.1, -0.05) is 6.92 Å². The first-order valence-electron chi connectivity index (χ1n) is 6.69. The number of nitrogens with zero attached hydrogens (tertiary/aromatic N) is 2. The Morgan fingerprint density at radius 1 is 1.40 bits per heavy atom. The zero-order chi connectivity index (χ0) is 14.9. The standard InChI is InChI=1S/C14H21N2O4/c1-4-10-11(17)12(18)14(20-10)16-7-5-6-9(8-16)13(19)15(2)3/h5-8,10-12,14,17-18H,4H2,1-3H3/q+1/t10-,11+,12?,14-/m1/s1. The van der Waals surface area contributed by atoms with Gasteiger partial charge in [-0.3, -0.25) is 4.79 Å².